The minimum absolute atomic E-state index is 0.681. The smallest absolute Gasteiger partial charge is 0.411 e. The molecule has 1 aromatic carbocycles. The Bertz CT molecular complexity index is 567. The molecule has 1 aromatic heterocycles. The number of hydrogen-bond donors (Lipinski definition) is 2. The van der Waals surface area contributed by atoms with Crippen LogP contribution in [-0.2, 0) is 0 Å². The zero-order valence-corrected chi connectivity index (χ0v) is 11.1. The maximum atomic E-state index is 11.1. The van der Waals surface area contributed by atoms with Crippen molar-refractivity contribution in [1.29, 1.82) is 0 Å². The van der Waals surface area contributed by atoms with Crippen molar-refractivity contribution in [2.45, 2.75) is 18.2 Å². The Hall–Kier alpha value is -1.69. The molecule has 0 radical (unpaired) electrons. The molecule has 0 unspecified atom stereocenters. The van der Waals surface area contributed by atoms with Gasteiger partial charge in [-0.05, 0) is 24.3 Å². The van der Waals surface area contributed by atoms with Crippen LogP contribution in [0, 0.1) is 0 Å². The number of carbonyl (C=O) groups is 1. The van der Waals surface area contributed by atoms with E-state index in [0.717, 1.165) is 28.1 Å². The molecule has 2 N–H and O–H groups in total. The third-order valence-electron chi connectivity index (χ3n) is 2.61. The summed E-state index contributed by atoms with van der Waals surface area (Å²) in [6.07, 6.45) is 1.69. The molecule has 0 bridgehead atoms. The van der Waals surface area contributed by atoms with Crippen LogP contribution in [0.5, 0.6) is 0 Å². The number of hydrogen-bond acceptors (Lipinski definition) is 3. The van der Waals surface area contributed by atoms with Gasteiger partial charge in [-0.25, -0.2) is 9.78 Å². The monoisotopic (exact) mass is 265 g/mol. The van der Waals surface area contributed by atoms with Crippen LogP contribution in [0.1, 0.15) is 13.3 Å². The molecule has 2 aromatic rings. The first-order chi connectivity index (χ1) is 8.63. The summed E-state index contributed by atoms with van der Waals surface area (Å²) in [6, 6.07) is 3.76. The van der Waals surface area contributed by atoms with Crippen molar-refractivity contribution in [2.75, 3.05) is 17.7 Å². The third-order valence-corrected chi connectivity index (χ3v) is 3.86. The van der Waals surface area contributed by atoms with Gasteiger partial charge in [0.15, 0.2) is 0 Å². The second-order valence-corrected chi connectivity index (χ2v) is 5.07. The number of imidazole rings is 1. The molecule has 0 saturated heterocycles. The van der Waals surface area contributed by atoms with Crippen LogP contribution in [0.3, 0.4) is 0 Å². The zero-order valence-electron chi connectivity index (χ0n) is 10.3. The van der Waals surface area contributed by atoms with Gasteiger partial charge >= 0.3 is 6.09 Å². The molecule has 18 heavy (non-hydrogen) atoms. The van der Waals surface area contributed by atoms with E-state index in [1.807, 2.05) is 6.07 Å². The average Bonchev–Trinajstić information content (AvgIpc) is 2.81. The molecule has 0 saturated carbocycles. The van der Waals surface area contributed by atoms with E-state index in [1.165, 1.54) is 4.90 Å². The van der Waals surface area contributed by atoms with Gasteiger partial charge in [-0.2, -0.15) is 0 Å². The molecule has 0 aliphatic heterocycles. The Kier molecular flexibility index (Phi) is 3.76. The number of nitrogens with one attached hydrogen (secondary N) is 1. The van der Waals surface area contributed by atoms with E-state index in [1.54, 1.807) is 31.2 Å². The Labute approximate surface area is 109 Å². The number of fused-ring (bicyclic) bond motifs is 1. The van der Waals surface area contributed by atoms with Crippen molar-refractivity contribution in [2.24, 2.45) is 0 Å². The second kappa shape index (κ2) is 5.30. The van der Waals surface area contributed by atoms with Crippen LogP contribution >= 0.6 is 11.8 Å². The van der Waals surface area contributed by atoms with Gasteiger partial charge in [0.05, 0.1) is 23.0 Å². The molecular formula is C12H15N3O2S. The van der Waals surface area contributed by atoms with E-state index in [0.29, 0.717) is 5.69 Å². The summed E-state index contributed by atoms with van der Waals surface area (Å²) in [5.41, 5.74) is 2.38. The standard InChI is InChI=1S/C12H15N3O2S/c1-3-4-18-11-6-9-8(13-7-14-9)5-10(11)15(2)12(16)17/h5-7H,3-4H2,1-2H3,(H,13,14)(H,16,17). The van der Waals surface area contributed by atoms with Gasteiger partial charge in [0, 0.05) is 11.9 Å². The van der Waals surface area contributed by atoms with Crippen molar-refractivity contribution < 1.29 is 9.90 Å². The predicted octanol–water partition coefficient (Wildman–Crippen LogP) is 3.18. The van der Waals surface area contributed by atoms with E-state index >= 15 is 0 Å². The van der Waals surface area contributed by atoms with Gasteiger partial charge < -0.3 is 10.1 Å². The van der Waals surface area contributed by atoms with Crippen LogP contribution in [0.25, 0.3) is 11.0 Å². The van der Waals surface area contributed by atoms with Crippen LogP contribution in [0.4, 0.5) is 10.5 Å². The summed E-state index contributed by atoms with van der Waals surface area (Å²) >= 11 is 1.66. The first kappa shape index (κ1) is 12.8. The van der Waals surface area contributed by atoms with E-state index in [2.05, 4.69) is 16.9 Å². The molecule has 0 fully saturated rings. The number of carboxylic acid groups (broad SMARTS) is 1. The van der Waals surface area contributed by atoms with Crippen LogP contribution in [-0.4, -0.2) is 34.0 Å². The Balaban J connectivity index is 2.48. The quantitative estimate of drug-likeness (QED) is 0.833. The summed E-state index contributed by atoms with van der Waals surface area (Å²) < 4.78 is 0. The molecule has 1 heterocycles. The summed E-state index contributed by atoms with van der Waals surface area (Å²) in [4.78, 5) is 20.5. The van der Waals surface area contributed by atoms with Crippen molar-refractivity contribution in [3.8, 4) is 0 Å². The molecule has 2 rings (SSSR count). The molecule has 0 aliphatic rings. The highest BCUT2D eigenvalue weighted by Crippen LogP contribution is 2.33. The number of H-pyrrole nitrogens is 1. The molecule has 0 aliphatic carbocycles. The number of thioether (sulfide) groups is 1. The lowest BCUT2D eigenvalue weighted by molar-refractivity contribution is 0.203. The van der Waals surface area contributed by atoms with E-state index < -0.39 is 6.09 Å². The maximum Gasteiger partial charge on any atom is 0.411 e. The van der Waals surface area contributed by atoms with Crippen molar-refractivity contribution >= 4 is 34.6 Å². The van der Waals surface area contributed by atoms with Crippen molar-refractivity contribution in [1.82, 2.24) is 9.97 Å². The van der Waals surface area contributed by atoms with Crippen LogP contribution in [0.2, 0.25) is 0 Å². The fourth-order valence-corrected chi connectivity index (χ4v) is 2.61. The van der Waals surface area contributed by atoms with Crippen LogP contribution < -0.4 is 4.90 Å². The SMILES string of the molecule is CCCSc1cc2[nH]cnc2cc1N(C)C(=O)O. The van der Waals surface area contributed by atoms with Gasteiger partial charge in [0.25, 0.3) is 0 Å². The average molecular weight is 265 g/mol. The number of amides is 1. The zero-order chi connectivity index (χ0) is 13.1. The first-order valence-corrected chi connectivity index (χ1v) is 6.68. The number of nitrogens with zero attached hydrogens (tertiary/aromatic N) is 2. The summed E-state index contributed by atoms with van der Waals surface area (Å²) in [5.74, 6) is 0.958. The number of anilines is 1. The highest BCUT2D eigenvalue weighted by atomic mass is 32.2. The molecule has 1 amide bonds. The number of aromatic amines is 1. The maximum absolute atomic E-state index is 11.1. The van der Waals surface area contributed by atoms with Crippen molar-refractivity contribution in [3.05, 3.63) is 18.5 Å². The van der Waals surface area contributed by atoms with Crippen LogP contribution in [0.15, 0.2) is 23.4 Å². The Morgan fingerprint density at radius 1 is 1.56 bits per heavy atom. The lowest BCUT2D eigenvalue weighted by atomic mass is 10.2. The Morgan fingerprint density at radius 2 is 2.33 bits per heavy atom. The first-order valence-electron chi connectivity index (χ1n) is 5.70. The van der Waals surface area contributed by atoms with Gasteiger partial charge in [0.1, 0.15) is 0 Å². The Morgan fingerprint density at radius 3 is 3.00 bits per heavy atom. The third kappa shape index (κ3) is 2.43. The number of aromatic nitrogens is 2. The minimum Gasteiger partial charge on any atom is -0.465 e. The van der Waals surface area contributed by atoms with Crippen molar-refractivity contribution in [3.63, 3.8) is 0 Å². The lowest BCUT2D eigenvalue weighted by Gasteiger charge is -2.17. The molecular weight excluding hydrogens is 250 g/mol. The number of rotatable bonds is 4. The second-order valence-electron chi connectivity index (χ2n) is 3.93. The number of benzene rings is 1. The fourth-order valence-electron chi connectivity index (χ4n) is 1.64. The summed E-state index contributed by atoms with van der Waals surface area (Å²) in [5, 5.41) is 9.10. The molecule has 0 atom stereocenters. The largest absolute Gasteiger partial charge is 0.465 e. The highest BCUT2D eigenvalue weighted by Gasteiger charge is 2.15. The topological polar surface area (TPSA) is 69.2 Å². The molecule has 6 heteroatoms. The van der Waals surface area contributed by atoms with E-state index in [9.17, 15) is 4.79 Å². The van der Waals surface area contributed by atoms with E-state index in [-0.39, 0.29) is 0 Å². The molecule has 0 spiro atoms. The normalized spacial score (nSPS) is 10.8. The van der Waals surface area contributed by atoms with Gasteiger partial charge in [-0.15, -0.1) is 11.8 Å². The molecule has 96 valence electrons. The lowest BCUT2D eigenvalue weighted by Crippen LogP contribution is -2.24. The predicted molar refractivity (Wildman–Crippen MR) is 73.5 cm³/mol. The summed E-state index contributed by atoms with van der Waals surface area (Å²) in [7, 11) is 1.55. The van der Waals surface area contributed by atoms with Gasteiger partial charge in [-0.3, -0.25) is 4.90 Å². The summed E-state index contributed by atoms with van der Waals surface area (Å²) in [6.45, 7) is 2.10. The fraction of sp³-hybridized carbons (Fsp3) is 0.333. The molecule has 5 nitrogen and oxygen atoms in total. The highest BCUT2D eigenvalue weighted by molar-refractivity contribution is 7.99. The van der Waals surface area contributed by atoms with Gasteiger partial charge in [0.2, 0.25) is 0 Å². The van der Waals surface area contributed by atoms with Gasteiger partial charge in [-0.1, -0.05) is 6.92 Å². The van der Waals surface area contributed by atoms with E-state index in [4.69, 9.17) is 5.11 Å². The minimum atomic E-state index is -0.969.